The first-order chi connectivity index (χ1) is 23.0. The number of aliphatic hydroxyl groups excluding tert-OH is 2. The fourth-order valence-electron chi connectivity index (χ4n) is 5.18. The number of ether oxygens (including phenoxy) is 3. The zero-order chi connectivity index (χ0) is 36.2. The van der Waals surface area contributed by atoms with Gasteiger partial charge < -0.3 is 50.2 Å². The number of urea groups is 1. The maximum absolute atomic E-state index is 12.7. The molecule has 0 radical (unpaired) electrons. The molecule has 0 saturated carbocycles. The average molecular weight is 686 g/mol. The standard InChI is InChI=1S/C36H55N5O8/c1-35(2,3)48-32(44)38-28(21-25-11-9-8-10-12-25)30(42)23-37-24-31(43)29(39-33(45)49-36(4,5)6)22-26-13-15-27(16-14-26)47-20-19-41-18-17-40(7)34(41)46/h8-16,28-31,37,42-43H,17-24H2,1-7H3,(H,38,44)(H,39,45)/t28-,29+,30-,31?/m0/s1. The summed E-state index contributed by atoms with van der Waals surface area (Å²) in [5, 5.41) is 31.0. The van der Waals surface area contributed by atoms with Gasteiger partial charge in [0.05, 0.1) is 30.8 Å². The van der Waals surface area contributed by atoms with Crippen molar-refractivity contribution in [3.05, 3.63) is 65.7 Å². The van der Waals surface area contributed by atoms with Crippen molar-refractivity contribution in [2.45, 2.75) is 89.9 Å². The molecule has 0 spiro atoms. The van der Waals surface area contributed by atoms with Crippen molar-refractivity contribution in [2.75, 3.05) is 46.4 Å². The molecule has 1 saturated heterocycles. The predicted molar refractivity (Wildman–Crippen MR) is 187 cm³/mol. The Hall–Kier alpha value is -4.07. The lowest BCUT2D eigenvalue weighted by Crippen LogP contribution is -2.53. The van der Waals surface area contributed by atoms with E-state index in [0.717, 1.165) is 11.1 Å². The number of aliphatic hydroxyl groups is 2. The summed E-state index contributed by atoms with van der Waals surface area (Å²) in [6.07, 6.45) is -2.73. The summed E-state index contributed by atoms with van der Waals surface area (Å²) < 4.78 is 16.7. The second-order valence-electron chi connectivity index (χ2n) is 14.4. The number of carbonyl (C=O) groups is 3. The highest BCUT2D eigenvalue weighted by Crippen LogP contribution is 2.16. The van der Waals surface area contributed by atoms with E-state index in [1.807, 2.05) is 54.6 Å². The van der Waals surface area contributed by atoms with Crippen LogP contribution in [0.4, 0.5) is 14.4 Å². The molecule has 13 heteroatoms. The number of hydrogen-bond acceptors (Lipinski definition) is 9. The molecule has 1 unspecified atom stereocenters. The molecule has 2 aromatic carbocycles. The largest absolute Gasteiger partial charge is 0.492 e. The normalized spacial score (nSPS) is 16.1. The van der Waals surface area contributed by atoms with E-state index in [1.54, 1.807) is 58.4 Å². The number of likely N-dealkylation sites (N-methyl/N-ethyl adjacent to an activating group) is 1. The highest BCUT2D eigenvalue weighted by Gasteiger charge is 2.28. The summed E-state index contributed by atoms with van der Waals surface area (Å²) in [4.78, 5) is 40.8. The second-order valence-corrected chi connectivity index (χ2v) is 14.4. The number of nitrogens with zero attached hydrogens (tertiary/aromatic N) is 2. The van der Waals surface area contributed by atoms with Gasteiger partial charge >= 0.3 is 18.2 Å². The van der Waals surface area contributed by atoms with Crippen molar-refractivity contribution < 1.29 is 38.8 Å². The lowest BCUT2D eigenvalue weighted by atomic mass is 10.00. The number of benzene rings is 2. The van der Waals surface area contributed by atoms with Gasteiger partial charge in [0.25, 0.3) is 0 Å². The van der Waals surface area contributed by atoms with Gasteiger partial charge in [-0.15, -0.1) is 0 Å². The number of rotatable bonds is 16. The molecule has 0 aliphatic carbocycles. The molecule has 1 fully saturated rings. The van der Waals surface area contributed by atoms with Gasteiger partial charge in [0, 0.05) is 33.2 Å². The van der Waals surface area contributed by atoms with Gasteiger partial charge in [0.2, 0.25) is 0 Å². The Bertz CT molecular complexity index is 1330. The van der Waals surface area contributed by atoms with Crippen LogP contribution in [0.5, 0.6) is 5.75 Å². The molecule has 2 aromatic rings. The third-order valence-electron chi connectivity index (χ3n) is 7.65. The van der Waals surface area contributed by atoms with Crippen LogP contribution >= 0.6 is 0 Å². The molecule has 5 N–H and O–H groups in total. The Morgan fingerprint density at radius 1 is 0.776 bits per heavy atom. The zero-order valence-corrected chi connectivity index (χ0v) is 29.9. The summed E-state index contributed by atoms with van der Waals surface area (Å²) in [6.45, 7) is 12.9. The van der Waals surface area contributed by atoms with Gasteiger partial charge in [-0.05, 0) is 77.6 Å². The summed E-state index contributed by atoms with van der Waals surface area (Å²) in [7, 11) is 1.78. The maximum Gasteiger partial charge on any atom is 0.407 e. The lowest BCUT2D eigenvalue weighted by Gasteiger charge is -2.29. The van der Waals surface area contributed by atoms with Gasteiger partial charge in [0.1, 0.15) is 23.6 Å². The molecule has 1 heterocycles. The van der Waals surface area contributed by atoms with E-state index in [0.29, 0.717) is 38.4 Å². The quantitative estimate of drug-likeness (QED) is 0.179. The fourth-order valence-corrected chi connectivity index (χ4v) is 5.18. The summed E-state index contributed by atoms with van der Waals surface area (Å²) in [5.74, 6) is 0.640. The van der Waals surface area contributed by atoms with Crippen LogP contribution in [0.15, 0.2) is 54.6 Å². The van der Waals surface area contributed by atoms with Crippen molar-refractivity contribution >= 4 is 18.2 Å². The van der Waals surface area contributed by atoms with E-state index >= 15 is 0 Å². The third-order valence-corrected chi connectivity index (χ3v) is 7.65. The highest BCUT2D eigenvalue weighted by atomic mass is 16.6. The smallest absolute Gasteiger partial charge is 0.407 e. The van der Waals surface area contributed by atoms with Gasteiger partial charge in [-0.1, -0.05) is 42.5 Å². The number of amides is 4. The first-order valence-electron chi connectivity index (χ1n) is 16.8. The predicted octanol–water partition coefficient (Wildman–Crippen LogP) is 3.32. The average Bonchev–Trinajstić information content (AvgIpc) is 3.32. The van der Waals surface area contributed by atoms with Gasteiger partial charge in [-0.3, -0.25) is 0 Å². The Balaban J connectivity index is 1.60. The van der Waals surface area contributed by atoms with Crippen LogP contribution in [0.3, 0.4) is 0 Å². The van der Waals surface area contributed by atoms with Crippen molar-refractivity contribution in [1.82, 2.24) is 25.8 Å². The Labute approximate surface area is 290 Å². The van der Waals surface area contributed by atoms with E-state index < -0.39 is 47.7 Å². The summed E-state index contributed by atoms with van der Waals surface area (Å²) in [6, 6.07) is 15.4. The van der Waals surface area contributed by atoms with E-state index in [4.69, 9.17) is 14.2 Å². The highest BCUT2D eigenvalue weighted by molar-refractivity contribution is 5.76. The van der Waals surface area contributed by atoms with Crippen LogP contribution in [0.25, 0.3) is 0 Å². The monoisotopic (exact) mass is 685 g/mol. The van der Waals surface area contributed by atoms with Gasteiger partial charge in [-0.2, -0.15) is 0 Å². The number of nitrogens with one attached hydrogen (secondary N) is 3. The van der Waals surface area contributed by atoms with E-state index in [2.05, 4.69) is 16.0 Å². The van der Waals surface area contributed by atoms with Gasteiger partial charge in [-0.25, -0.2) is 14.4 Å². The molecule has 3 rings (SSSR count). The molecular formula is C36H55N5O8. The molecule has 13 nitrogen and oxygen atoms in total. The van der Waals surface area contributed by atoms with E-state index in [9.17, 15) is 24.6 Å². The molecule has 1 aliphatic heterocycles. The van der Waals surface area contributed by atoms with Crippen molar-refractivity contribution in [3.63, 3.8) is 0 Å². The van der Waals surface area contributed by atoms with E-state index in [-0.39, 0.29) is 25.5 Å². The molecule has 4 amide bonds. The second kappa shape index (κ2) is 18.1. The molecule has 0 aromatic heterocycles. The lowest BCUT2D eigenvalue weighted by molar-refractivity contribution is 0.0399. The summed E-state index contributed by atoms with van der Waals surface area (Å²) >= 11 is 0. The minimum atomic E-state index is -1.06. The Morgan fingerprint density at radius 3 is 1.71 bits per heavy atom. The fraction of sp³-hybridized carbons (Fsp3) is 0.583. The molecule has 49 heavy (non-hydrogen) atoms. The number of hydrogen-bond donors (Lipinski definition) is 5. The molecular weight excluding hydrogens is 630 g/mol. The Kier molecular flexibility index (Phi) is 14.5. The van der Waals surface area contributed by atoms with Gasteiger partial charge in [0.15, 0.2) is 0 Å². The minimum Gasteiger partial charge on any atom is -0.492 e. The summed E-state index contributed by atoms with van der Waals surface area (Å²) in [5.41, 5.74) is 0.332. The topological polar surface area (TPSA) is 162 Å². The third kappa shape index (κ3) is 14.5. The van der Waals surface area contributed by atoms with Crippen LogP contribution in [-0.2, 0) is 22.3 Å². The van der Waals surface area contributed by atoms with Crippen LogP contribution in [0.2, 0.25) is 0 Å². The molecule has 1 aliphatic rings. The first-order valence-corrected chi connectivity index (χ1v) is 16.8. The SMILES string of the molecule is CN1CCN(CCOc2ccc(C[C@@H](NC(=O)OC(C)(C)C)C(O)CNC[C@H](O)[C@H](Cc3ccccc3)NC(=O)OC(C)(C)C)cc2)C1=O. The van der Waals surface area contributed by atoms with Crippen molar-refractivity contribution in [2.24, 2.45) is 0 Å². The van der Waals surface area contributed by atoms with Crippen molar-refractivity contribution in [3.8, 4) is 5.75 Å². The number of carbonyl (C=O) groups excluding carboxylic acids is 3. The Morgan fingerprint density at radius 2 is 1.27 bits per heavy atom. The van der Waals surface area contributed by atoms with Crippen molar-refractivity contribution in [1.29, 1.82) is 0 Å². The molecule has 4 atom stereocenters. The van der Waals surface area contributed by atoms with Crippen LogP contribution in [0, 0.1) is 0 Å². The zero-order valence-electron chi connectivity index (χ0n) is 29.9. The van der Waals surface area contributed by atoms with Crippen LogP contribution in [0.1, 0.15) is 52.7 Å². The molecule has 0 bridgehead atoms. The van der Waals surface area contributed by atoms with Crippen LogP contribution in [-0.4, -0.2) is 120 Å². The first kappa shape index (κ1) is 39.4. The van der Waals surface area contributed by atoms with E-state index in [1.165, 1.54) is 0 Å². The van der Waals surface area contributed by atoms with Crippen LogP contribution < -0.4 is 20.7 Å². The maximum atomic E-state index is 12.7. The number of alkyl carbamates (subject to hydrolysis) is 2. The minimum absolute atomic E-state index is 0.00509. The molecule has 272 valence electrons.